The van der Waals surface area contributed by atoms with Crippen molar-refractivity contribution >= 4 is 11.9 Å². The zero-order chi connectivity index (χ0) is 21.2. The van der Waals surface area contributed by atoms with E-state index in [9.17, 15) is 9.59 Å². The van der Waals surface area contributed by atoms with Gasteiger partial charge >= 0.3 is 11.9 Å². The molecule has 164 valence electrons. The van der Waals surface area contributed by atoms with Crippen LogP contribution in [0.5, 0.6) is 0 Å². The molecule has 4 bridgehead atoms. The number of carbonyl (C=O) groups is 2. The highest BCUT2D eigenvalue weighted by Crippen LogP contribution is 2.68. The van der Waals surface area contributed by atoms with Gasteiger partial charge in [0.2, 0.25) is 0 Å². The molecule has 4 nitrogen and oxygen atoms in total. The van der Waals surface area contributed by atoms with Crippen molar-refractivity contribution < 1.29 is 19.1 Å². The van der Waals surface area contributed by atoms with E-state index < -0.39 is 5.41 Å². The summed E-state index contributed by atoms with van der Waals surface area (Å²) in [5, 5.41) is 0. The molecule has 0 saturated heterocycles. The molecule has 5 saturated carbocycles. The zero-order valence-electron chi connectivity index (χ0n) is 19.3. The molecular formula is C25H40O4. The Bertz CT molecular complexity index is 685. The highest BCUT2D eigenvalue weighted by atomic mass is 16.6. The summed E-state index contributed by atoms with van der Waals surface area (Å²) in [6.45, 7) is 13.1. The summed E-state index contributed by atoms with van der Waals surface area (Å²) >= 11 is 0. The second-order valence-electron chi connectivity index (χ2n) is 12.4. The molecule has 0 radical (unpaired) electrons. The number of hydrogen-bond donors (Lipinski definition) is 0. The second kappa shape index (κ2) is 6.72. The lowest BCUT2D eigenvalue weighted by molar-refractivity contribution is -0.177. The van der Waals surface area contributed by atoms with E-state index in [0.29, 0.717) is 11.8 Å². The lowest BCUT2D eigenvalue weighted by Gasteiger charge is -2.43. The van der Waals surface area contributed by atoms with E-state index in [-0.39, 0.29) is 41.4 Å². The summed E-state index contributed by atoms with van der Waals surface area (Å²) < 4.78 is 11.8. The first-order chi connectivity index (χ1) is 13.4. The molecule has 0 aromatic heterocycles. The quantitative estimate of drug-likeness (QED) is 0.524. The van der Waals surface area contributed by atoms with Gasteiger partial charge in [-0.05, 0) is 73.5 Å². The summed E-state index contributed by atoms with van der Waals surface area (Å²) in [6, 6.07) is 0. The van der Waals surface area contributed by atoms with Gasteiger partial charge in [0.1, 0.15) is 12.2 Å². The van der Waals surface area contributed by atoms with Crippen LogP contribution in [0.1, 0.15) is 92.9 Å². The fourth-order valence-corrected chi connectivity index (χ4v) is 7.61. The van der Waals surface area contributed by atoms with Crippen LogP contribution in [0.4, 0.5) is 0 Å². The van der Waals surface area contributed by atoms with Crippen molar-refractivity contribution in [1.82, 2.24) is 0 Å². The first-order valence-corrected chi connectivity index (χ1v) is 11.8. The third kappa shape index (κ3) is 3.43. The average Bonchev–Trinajstić information content (AvgIpc) is 2.92. The minimum Gasteiger partial charge on any atom is -0.465 e. The molecule has 5 fully saturated rings. The van der Waals surface area contributed by atoms with Crippen molar-refractivity contribution in [3.63, 3.8) is 0 Å². The van der Waals surface area contributed by atoms with Crippen molar-refractivity contribution in [3.05, 3.63) is 0 Å². The molecule has 0 amide bonds. The number of hydrogen-bond acceptors (Lipinski definition) is 4. The maximum absolute atomic E-state index is 12.9. The van der Waals surface area contributed by atoms with Gasteiger partial charge in [-0.25, -0.2) is 0 Å². The largest absolute Gasteiger partial charge is 0.465 e. The molecule has 6 atom stereocenters. The van der Waals surface area contributed by atoms with Crippen molar-refractivity contribution in [3.8, 4) is 0 Å². The van der Waals surface area contributed by atoms with Crippen molar-refractivity contribution in [2.75, 3.05) is 6.61 Å². The number of ether oxygens (including phenoxy) is 2. The van der Waals surface area contributed by atoms with Crippen LogP contribution in [0.2, 0.25) is 0 Å². The van der Waals surface area contributed by atoms with Crippen molar-refractivity contribution in [2.24, 2.45) is 39.9 Å². The van der Waals surface area contributed by atoms with Crippen LogP contribution in [0, 0.1) is 39.9 Å². The molecule has 5 rings (SSSR count). The summed E-state index contributed by atoms with van der Waals surface area (Å²) in [5.74, 6) is 2.42. The Hall–Kier alpha value is -1.06. The normalized spacial score (nSPS) is 41.4. The minimum atomic E-state index is -0.400. The Morgan fingerprint density at radius 2 is 1.76 bits per heavy atom. The summed E-state index contributed by atoms with van der Waals surface area (Å²) in [7, 11) is 0. The van der Waals surface area contributed by atoms with Gasteiger partial charge in [-0.15, -0.1) is 0 Å². The molecule has 0 aliphatic heterocycles. The van der Waals surface area contributed by atoms with Gasteiger partial charge in [0, 0.05) is 5.92 Å². The number of rotatable bonds is 7. The molecule has 0 heterocycles. The van der Waals surface area contributed by atoms with E-state index in [1.807, 2.05) is 0 Å². The van der Waals surface area contributed by atoms with Gasteiger partial charge in [0.15, 0.2) is 0 Å². The van der Waals surface area contributed by atoms with Crippen LogP contribution >= 0.6 is 0 Å². The third-order valence-electron chi connectivity index (χ3n) is 8.85. The first-order valence-electron chi connectivity index (χ1n) is 11.8. The summed E-state index contributed by atoms with van der Waals surface area (Å²) in [4.78, 5) is 25.6. The topological polar surface area (TPSA) is 52.6 Å². The number of carbonyl (C=O) groups excluding carboxylic acids is 2. The van der Waals surface area contributed by atoms with E-state index in [0.717, 1.165) is 31.1 Å². The average molecular weight is 405 g/mol. The van der Waals surface area contributed by atoms with Gasteiger partial charge in [-0.2, -0.15) is 0 Å². The molecule has 0 aromatic carbocycles. The fourth-order valence-electron chi connectivity index (χ4n) is 7.61. The summed E-state index contributed by atoms with van der Waals surface area (Å²) in [6.07, 6.45) is 7.82. The Balaban J connectivity index is 1.31. The van der Waals surface area contributed by atoms with Gasteiger partial charge in [0.05, 0.1) is 11.8 Å². The SMILES string of the molecule is CCC1(OC(=O)CCOC(=O)C2(CC(C)(C)C)CC2(C)C)C2CC3CC(C2)C1C3. The van der Waals surface area contributed by atoms with E-state index in [2.05, 4.69) is 41.5 Å². The Morgan fingerprint density at radius 1 is 1.07 bits per heavy atom. The van der Waals surface area contributed by atoms with Gasteiger partial charge in [0.25, 0.3) is 0 Å². The molecule has 0 spiro atoms. The van der Waals surface area contributed by atoms with Crippen LogP contribution < -0.4 is 0 Å². The lowest BCUT2D eigenvalue weighted by Crippen LogP contribution is -2.47. The molecule has 29 heavy (non-hydrogen) atoms. The predicted octanol–water partition coefficient (Wildman–Crippen LogP) is 5.53. The van der Waals surface area contributed by atoms with E-state index in [1.165, 1.54) is 25.7 Å². The van der Waals surface area contributed by atoms with E-state index in [4.69, 9.17) is 9.47 Å². The fraction of sp³-hybridized carbons (Fsp3) is 0.920. The van der Waals surface area contributed by atoms with E-state index in [1.54, 1.807) is 0 Å². The molecule has 5 aliphatic carbocycles. The maximum atomic E-state index is 12.9. The molecular weight excluding hydrogens is 364 g/mol. The Labute approximate surface area is 176 Å². The highest BCUT2D eigenvalue weighted by Gasteiger charge is 2.68. The molecule has 5 aliphatic rings. The summed E-state index contributed by atoms with van der Waals surface area (Å²) in [5.41, 5.74) is -0.597. The zero-order valence-corrected chi connectivity index (χ0v) is 19.3. The standard InChI is InChI=1S/C25H40O4/c1-7-25(18-11-16-10-17(13-18)19(25)12-16)29-20(26)8-9-28-21(27)24(14-22(2,3)4)15-23(24,5)6/h16-19H,7-15H2,1-6H3. The van der Waals surface area contributed by atoms with Crippen LogP contribution in [0.15, 0.2) is 0 Å². The van der Waals surface area contributed by atoms with Gasteiger partial charge in [-0.1, -0.05) is 41.5 Å². The Morgan fingerprint density at radius 3 is 2.31 bits per heavy atom. The Kier molecular flexibility index (Phi) is 4.91. The van der Waals surface area contributed by atoms with Crippen LogP contribution in [0.3, 0.4) is 0 Å². The van der Waals surface area contributed by atoms with Crippen molar-refractivity contribution in [2.45, 2.75) is 98.5 Å². The minimum absolute atomic E-state index is 0.0216. The predicted molar refractivity (Wildman–Crippen MR) is 112 cm³/mol. The second-order valence-corrected chi connectivity index (χ2v) is 12.4. The smallest absolute Gasteiger partial charge is 0.312 e. The van der Waals surface area contributed by atoms with Crippen LogP contribution in [0.25, 0.3) is 0 Å². The lowest BCUT2D eigenvalue weighted by atomic mass is 9.71. The molecule has 0 N–H and O–H groups in total. The van der Waals surface area contributed by atoms with E-state index >= 15 is 0 Å². The van der Waals surface area contributed by atoms with Crippen LogP contribution in [-0.4, -0.2) is 24.1 Å². The number of esters is 2. The van der Waals surface area contributed by atoms with Gasteiger partial charge in [-0.3, -0.25) is 9.59 Å². The third-order valence-corrected chi connectivity index (χ3v) is 8.85. The highest BCUT2D eigenvalue weighted by molar-refractivity contribution is 5.82. The first kappa shape index (κ1) is 21.2. The molecule has 4 heteroatoms. The van der Waals surface area contributed by atoms with Crippen LogP contribution in [-0.2, 0) is 19.1 Å². The molecule has 0 aromatic rings. The van der Waals surface area contributed by atoms with Gasteiger partial charge < -0.3 is 9.47 Å². The molecule has 6 unspecified atom stereocenters. The monoisotopic (exact) mass is 404 g/mol. The van der Waals surface area contributed by atoms with Crippen molar-refractivity contribution in [1.29, 1.82) is 0 Å². The maximum Gasteiger partial charge on any atom is 0.312 e.